The lowest BCUT2D eigenvalue weighted by molar-refractivity contribution is 0.0777. The first-order chi connectivity index (χ1) is 15.9. The molecule has 0 bridgehead atoms. The fourth-order valence-electron chi connectivity index (χ4n) is 3.93. The van der Waals surface area contributed by atoms with Gasteiger partial charge in [-0.15, -0.1) is 10.2 Å². The zero-order valence-corrected chi connectivity index (χ0v) is 20.2. The fourth-order valence-corrected chi connectivity index (χ4v) is 5.23. The molecule has 4 aromatic rings. The average Bonchev–Trinajstić information content (AvgIpc) is 3.33. The molecular weight excluding hydrogens is 483 g/mol. The number of aryl methyl sites for hydroxylation is 1. The highest BCUT2D eigenvalue weighted by Gasteiger charge is 2.24. The third kappa shape index (κ3) is 4.30. The van der Waals surface area contributed by atoms with Crippen molar-refractivity contribution in [3.8, 4) is 11.5 Å². The molecule has 0 saturated carbocycles. The van der Waals surface area contributed by atoms with E-state index in [2.05, 4.69) is 14.8 Å². The summed E-state index contributed by atoms with van der Waals surface area (Å²) < 4.78 is 15.7. The van der Waals surface area contributed by atoms with E-state index in [1.807, 2.05) is 44.2 Å². The van der Waals surface area contributed by atoms with Crippen LogP contribution in [0, 0.1) is 13.8 Å². The quantitative estimate of drug-likeness (QED) is 0.264. The fraction of sp³-hybridized carbons (Fsp3) is 0.261. The molecule has 0 radical (unpaired) electrons. The van der Waals surface area contributed by atoms with Crippen LogP contribution in [0.5, 0.6) is 11.5 Å². The van der Waals surface area contributed by atoms with E-state index in [0.29, 0.717) is 39.6 Å². The second-order valence-electron chi connectivity index (χ2n) is 7.79. The summed E-state index contributed by atoms with van der Waals surface area (Å²) in [6, 6.07) is 11.2. The van der Waals surface area contributed by atoms with E-state index in [1.165, 1.54) is 11.8 Å². The summed E-state index contributed by atoms with van der Waals surface area (Å²) in [6.45, 7) is 5.00. The van der Waals surface area contributed by atoms with Gasteiger partial charge in [-0.25, -0.2) is 0 Å². The van der Waals surface area contributed by atoms with E-state index in [1.54, 1.807) is 16.7 Å². The van der Waals surface area contributed by atoms with Crippen molar-refractivity contribution in [2.24, 2.45) is 0 Å². The van der Waals surface area contributed by atoms with Gasteiger partial charge in [-0.2, -0.15) is 0 Å². The van der Waals surface area contributed by atoms with Gasteiger partial charge in [0.1, 0.15) is 6.61 Å². The highest BCUT2D eigenvalue weighted by Crippen LogP contribution is 2.32. The van der Waals surface area contributed by atoms with Gasteiger partial charge in [-0.3, -0.25) is 9.20 Å². The summed E-state index contributed by atoms with van der Waals surface area (Å²) in [7, 11) is 0. The molecule has 1 atom stereocenters. The Bertz CT molecular complexity index is 1370. The maximum Gasteiger partial charge on any atom is 0.196 e. The van der Waals surface area contributed by atoms with Crippen LogP contribution in [0.15, 0.2) is 47.8 Å². The Hall–Kier alpha value is -2.68. The molecule has 5 rings (SSSR count). The number of ether oxygens (including phenoxy) is 2. The van der Waals surface area contributed by atoms with Crippen LogP contribution in [0.4, 0.5) is 0 Å². The number of rotatable bonds is 6. The Labute approximate surface area is 204 Å². The molecule has 0 fully saturated rings. The van der Waals surface area contributed by atoms with Crippen molar-refractivity contribution in [1.29, 1.82) is 0 Å². The van der Waals surface area contributed by atoms with Gasteiger partial charge in [0.15, 0.2) is 34.2 Å². The smallest absolute Gasteiger partial charge is 0.196 e. The van der Waals surface area contributed by atoms with Gasteiger partial charge in [0.25, 0.3) is 0 Å². The van der Waals surface area contributed by atoms with Crippen LogP contribution < -0.4 is 9.47 Å². The maximum atomic E-state index is 13.1. The van der Waals surface area contributed by atoms with Crippen molar-refractivity contribution in [3.05, 3.63) is 69.6 Å². The van der Waals surface area contributed by atoms with Crippen molar-refractivity contribution >= 4 is 46.4 Å². The zero-order chi connectivity index (χ0) is 23.1. The molecule has 0 N–H and O–H groups in total. The van der Waals surface area contributed by atoms with Crippen LogP contribution >= 0.6 is 35.0 Å². The highest BCUT2D eigenvalue weighted by molar-refractivity contribution is 7.99. The van der Waals surface area contributed by atoms with Crippen LogP contribution in [0.2, 0.25) is 10.0 Å². The van der Waals surface area contributed by atoms with Crippen molar-refractivity contribution in [3.63, 3.8) is 0 Å². The minimum absolute atomic E-state index is 0.00961. The Balaban J connectivity index is 1.30. The molecule has 33 heavy (non-hydrogen) atoms. The molecule has 0 spiro atoms. The van der Waals surface area contributed by atoms with Gasteiger partial charge in [0, 0.05) is 23.1 Å². The van der Waals surface area contributed by atoms with Crippen LogP contribution in [0.1, 0.15) is 21.7 Å². The van der Waals surface area contributed by atoms with Crippen molar-refractivity contribution in [2.45, 2.75) is 31.7 Å². The van der Waals surface area contributed by atoms with Crippen molar-refractivity contribution in [2.75, 3.05) is 12.4 Å². The minimum Gasteiger partial charge on any atom is -0.486 e. The van der Waals surface area contributed by atoms with E-state index >= 15 is 0 Å². The monoisotopic (exact) mass is 502 g/mol. The predicted octanol–water partition coefficient (Wildman–Crippen LogP) is 5.27. The number of Topliss-reactive ketones (excluding diaryl/α,β-unsaturated/α-hetero) is 1. The van der Waals surface area contributed by atoms with E-state index in [0.717, 1.165) is 22.9 Å². The van der Waals surface area contributed by atoms with Crippen molar-refractivity contribution in [1.82, 2.24) is 19.2 Å². The van der Waals surface area contributed by atoms with E-state index in [-0.39, 0.29) is 17.6 Å². The molecule has 1 aliphatic rings. The molecule has 1 aromatic carbocycles. The van der Waals surface area contributed by atoms with Crippen LogP contribution in [-0.4, -0.2) is 43.4 Å². The molecule has 4 heterocycles. The number of para-hydroxylation sites is 2. The topological polar surface area (TPSA) is 70.7 Å². The number of fused-ring (bicyclic) bond motifs is 2. The third-order valence-electron chi connectivity index (χ3n) is 5.56. The van der Waals surface area contributed by atoms with Crippen molar-refractivity contribution < 1.29 is 14.3 Å². The number of halogens is 2. The average molecular weight is 503 g/mol. The molecule has 7 nitrogen and oxygen atoms in total. The van der Waals surface area contributed by atoms with E-state index in [9.17, 15) is 4.79 Å². The van der Waals surface area contributed by atoms with Gasteiger partial charge < -0.3 is 14.0 Å². The number of nitrogens with zero attached hydrogens (tertiary/aromatic N) is 4. The number of carbonyl (C=O) groups excluding carboxylic acids is 1. The number of benzene rings is 1. The van der Waals surface area contributed by atoms with E-state index < -0.39 is 0 Å². The summed E-state index contributed by atoms with van der Waals surface area (Å²) in [5.41, 5.74) is 3.08. The number of carbonyl (C=O) groups is 1. The Morgan fingerprint density at radius 3 is 2.79 bits per heavy atom. The first-order valence-corrected chi connectivity index (χ1v) is 12.1. The van der Waals surface area contributed by atoms with Gasteiger partial charge >= 0.3 is 0 Å². The first kappa shape index (κ1) is 22.1. The number of hydrogen-bond donors (Lipinski definition) is 0. The number of ketones is 1. The normalized spacial score (nSPS) is 15.2. The first-order valence-electron chi connectivity index (χ1n) is 10.3. The summed E-state index contributed by atoms with van der Waals surface area (Å²) in [6.07, 6.45) is 1.55. The predicted molar refractivity (Wildman–Crippen MR) is 128 cm³/mol. The largest absolute Gasteiger partial charge is 0.486 e. The maximum absolute atomic E-state index is 13.1. The standard InChI is InChI=1S/C23H20Cl2N4O3S/c1-13-7-17(14(2)28(13)10-16-11-31-20-5-3-4-6-21(20)32-16)19(30)12-33-23-27-26-22-18(25)8-15(24)9-29(22)23/h3-9,16H,10-12H2,1-2H3/t16-/m1/s1. The molecule has 0 aliphatic carbocycles. The molecule has 0 unspecified atom stereocenters. The van der Waals surface area contributed by atoms with Gasteiger partial charge in [0.2, 0.25) is 0 Å². The highest BCUT2D eigenvalue weighted by atomic mass is 35.5. The zero-order valence-electron chi connectivity index (χ0n) is 17.9. The number of pyridine rings is 1. The van der Waals surface area contributed by atoms with Gasteiger partial charge in [0.05, 0.1) is 22.3 Å². The Kier molecular flexibility index (Phi) is 5.99. The lowest BCUT2D eigenvalue weighted by atomic mass is 10.2. The van der Waals surface area contributed by atoms with Crippen LogP contribution in [0.3, 0.4) is 0 Å². The molecule has 0 saturated heterocycles. The number of thioether (sulfide) groups is 1. The Morgan fingerprint density at radius 1 is 1.18 bits per heavy atom. The number of hydrogen-bond acceptors (Lipinski definition) is 6. The summed E-state index contributed by atoms with van der Waals surface area (Å²) in [5.74, 6) is 1.72. The minimum atomic E-state index is -0.140. The molecule has 170 valence electrons. The molecule has 10 heteroatoms. The number of aromatic nitrogens is 4. The summed E-state index contributed by atoms with van der Waals surface area (Å²) in [4.78, 5) is 13.1. The SMILES string of the molecule is Cc1cc(C(=O)CSc2nnc3c(Cl)cc(Cl)cn23)c(C)n1C[C@@H]1COc2ccccc2O1. The second-order valence-corrected chi connectivity index (χ2v) is 9.57. The molecule has 0 amide bonds. The van der Waals surface area contributed by atoms with Gasteiger partial charge in [-0.1, -0.05) is 47.1 Å². The summed E-state index contributed by atoms with van der Waals surface area (Å²) in [5, 5.41) is 9.68. The van der Waals surface area contributed by atoms with Gasteiger partial charge in [-0.05, 0) is 38.1 Å². The summed E-state index contributed by atoms with van der Waals surface area (Å²) >= 11 is 13.6. The van der Waals surface area contributed by atoms with Crippen LogP contribution in [-0.2, 0) is 6.54 Å². The lowest BCUT2D eigenvalue weighted by Gasteiger charge is -2.27. The third-order valence-corrected chi connectivity index (χ3v) is 6.98. The molecule has 1 aliphatic heterocycles. The molecular formula is C23H20Cl2N4O3S. The van der Waals surface area contributed by atoms with Crippen LogP contribution in [0.25, 0.3) is 5.65 Å². The second kappa shape index (κ2) is 8.93. The Morgan fingerprint density at radius 2 is 1.97 bits per heavy atom. The molecule has 3 aromatic heterocycles. The lowest BCUT2D eigenvalue weighted by Crippen LogP contribution is -2.33. The van der Waals surface area contributed by atoms with E-state index in [4.69, 9.17) is 32.7 Å².